The average Bonchev–Trinajstić information content (AvgIpc) is 1.87. The van der Waals surface area contributed by atoms with Gasteiger partial charge in [-0.25, -0.2) is 0 Å². The van der Waals surface area contributed by atoms with Crippen LogP contribution in [0.3, 0.4) is 0 Å². The van der Waals surface area contributed by atoms with E-state index in [0.29, 0.717) is 0 Å². The molecule has 0 rings (SSSR count). The van der Waals surface area contributed by atoms with Gasteiger partial charge >= 0.3 is 12.1 Å². The lowest BCUT2D eigenvalue weighted by molar-refractivity contribution is -0.143. The highest BCUT2D eigenvalue weighted by molar-refractivity contribution is 5.69. The van der Waals surface area contributed by atoms with E-state index in [-0.39, 0.29) is 19.6 Å². The Labute approximate surface area is 63.9 Å². The lowest BCUT2D eigenvalue weighted by Gasteiger charge is -1.99. The summed E-state index contributed by atoms with van der Waals surface area (Å²) in [6.45, 7) is 1.74. The molecule has 0 aromatic rings. The zero-order valence-electron chi connectivity index (χ0n) is 6.16. The van der Waals surface area contributed by atoms with E-state index >= 15 is 0 Å². The fraction of sp³-hybridized carbons (Fsp3) is 0.667. The number of hydrogen-bond acceptors (Lipinski definition) is 4. The minimum atomic E-state index is -1.63. The maximum atomic E-state index is 10.5. The lowest BCUT2D eigenvalue weighted by Crippen LogP contribution is -2.09. The second-order valence-corrected chi connectivity index (χ2v) is 1.65. The molecular formula is C6H9O5. The van der Waals surface area contributed by atoms with Crippen LogP contribution in [-0.2, 0) is 19.4 Å². The molecule has 0 unspecified atom stereocenters. The third-order valence-electron chi connectivity index (χ3n) is 0.831. The summed E-state index contributed by atoms with van der Waals surface area (Å²) in [6.07, 6.45) is -1.70. The monoisotopic (exact) mass is 161 g/mol. The average molecular weight is 161 g/mol. The van der Waals surface area contributed by atoms with Gasteiger partial charge in [0.05, 0.1) is 13.0 Å². The van der Waals surface area contributed by atoms with Crippen LogP contribution >= 0.6 is 0 Å². The fourth-order valence-electron chi connectivity index (χ4n) is 0.451. The Morgan fingerprint density at radius 2 is 1.91 bits per heavy atom. The highest BCUT2D eigenvalue weighted by Gasteiger charge is 2.04. The van der Waals surface area contributed by atoms with Gasteiger partial charge in [0.15, 0.2) is 0 Å². The molecule has 0 N–H and O–H groups in total. The maximum absolute atomic E-state index is 10.5. The van der Waals surface area contributed by atoms with Crippen LogP contribution in [0.1, 0.15) is 13.3 Å². The van der Waals surface area contributed by atoms with Crippen molar-refractivity contribution in [3.8, 4) is 0 Å². The molecule has 0 fully saturated rings. The molecule has 0 saturated heterocycles. The third kappa shape index (κ3) is 6.63. The first-order valence-electron chi connectivity index (χ1n) is 3.16. The van der Waals surface area contributed by atoms with Crippen molar-refractivity contribution in [2.45, 2.75) is 13.3 Å². The van der Waals surface area contributed by atoms with Gasteiger partial charge in [-0.1, -0.05) is 0 Å². The molecule has 11 heavy (non-hydrogen) atoms. The van der Waals surface area contributed by atoms with Crippen molar-refractivity contribution in [2.24, 2.45) is 0 Å². The van der Waals surface area contributed by atoms with Crippen LogP contribution in [0.2, 0.25) is 0 Å². The maximum Gasteiger partial charge on any atom is 0.550 e. The number of esters is 1. The number of rotatable bonds is 4. The van der Waals surface area contributed by atoms with Crippen LogP contribution in [-0.4, -0.2) is 25.3 Å². The molecule has 0 spiro atoms. The van der Waals surface area contributed by atoms with Gasteiger partial charge in [-0.15, -0.1) is 0 Å². The smallest absolute Gasteiger partial charge is 0.466 e. The molecule has 5 nitrogen and oxygen atoms in total. The summed E-state index contributed by atoms with van der Waals surface area (Å²) in [5.74, 6) is -0.478. The number of carbonyl (C=O) groups excluding carboxylic acids is 2. The predicted octanol–water partition coefficient (Wildman–Crippen LogP) is 0.507. The first-order chi connectivity index (χ1) is 5.16. The second-order valence-electron chi connectivity index (χ2n) is 1.65. The Morgan fingerprint density at radius 1 is 1.27 bits per heavy atom. The molecule has 5 heteroatoms. The third-order valence-corrected chi connectivity index (χ3v) is 0.831. The zero-order valence-corrected chi connectivity index (χ0v) is 6.16. The summed E-state index contributed by atoms with van der Waals surface area (Å²) in [5.41, 5.74) is 0. The number of carbonyl (C=O) groups is 2. The molecule has 0 aromatic carbocycles. The summed E-state index contributed by atoms with van der Waals surface area (Å²) < 4.78 is 8.45. The minimum absolute atomic E-state index is 0.0676. The topological polar surface area (TPSA) is 72.5 Å². The normalized spacial score (nSPS) is 8.82. The van der Waals surface area contributed by atoms with Crippen LogP contribution in [0.5, 0.6) is 0 Å². The first-order valence-corrected chi connectivity index (χ1v) is 3.16. The van der Waals surface area contributed by atoms with E-state index in [0.717, 1.165) is 0 Å². The van der Waals surface area contributed by atoms with Crippen molar-refractivity contribution in [1.29, 1.82) is 0 Å². The standard InChI is InChI=1S/C6H9O5/c1-2-10-5(7)3-4-11-6(8)9/h2-4H2,1H3. The molecule has 0 bridgehead atoms. The van der Waals surface area contributed by atoms with E-state index in [1.54, 1.807) is 6.92 Å². The van der Waals surface area contributed by atoms with Crippen molar-refractivity contribution < 1.29 is 24.2 Å². The Bertz CT molecular complexity index is 142. The van der Waals surface area contributed by atoms with Gasteiger partial charge in [0.25, 0.3) is 0 Å². The predicted molar refractivity (Wildman–Crippen MR) is 33.3 cm³/mol. The zero-order chi connectivity index (χ0) is 8.69. The first kappa shape index (κ1) is 9.74. The van der Waals surface area contributed by atoms with Crippen molar-refractivity contribution in [3.63, 3.8) is 0 Å². The minimum Gasteiger partial charge on any atom is -0.466 e. The lowest BCUT2D eigenvalue weighted by atomic mass is 10.5. The highest BCUT2D eigenvalue weighted by atomic mass is 16.7. The molecule has 0 amide bonds. The molecule has 0 heterocycles. The number of ether oxygens (including phenoxy) is 2. The molecule has 63 valence electrons. The van der Waals surface area contributed by atoms with Crippen LogP contribution in [0.25, 0.3) is 0 Å². The fourth-order valence-corrected chi connectivity index (χ4v) is 0.451. The van der Waals surface area contributed by atoms with Gasteiger partial charge in [-0.3, -0.25) is 4.79 Å². The molecule has 0 aliphatic rings. The molecule has 0 atom stereocenters. The van der Waals surface area contributed by atoms with Crippen LogP contribution in [0.15, 0.2) is 0 Å². The van der Waals surface area contributed by atoms with Gasteiger partial charge in [-0.2, -0.15) is 9.90 Å². The summed E-state index contributed by atoms with van der Waals surface area (Å²) in [4.78, 5) is 20.2. The summed E-state index contributed by atoms with van der Waals surface area (Å²) in [5, 5.41) is 9.65. The van der Waals surface area contributed by atoms with Gasteiger partial charge < -0.3 is 9.47 Å². The van der Waals surface area contributed by atoms with Crippen LogP contribution < -0.4 is 0 Å². The van der Waals surface area contributed by atoms with Gasteiger partial charge in [-0.05, 0) is 6.92 Å². The molecule has 0 aliphatic carbocycles. The highest BCUT2D eigenvalue weighted by Crippen LogP contribution is 1.88. The second kappa shape index (κ2) is 5.52. The molecule has 0 aliphatic heterocycles. The Hall–Kier alpha value is -1.26. The largest absolute Gasteiger partial charge is 0.550 e. The van der Waals surface area contributed by atoms with Crippen molar-refractivity contribution in [2.75, 3.05) is 13.2 Å². The number of hydrogen-bond donors (Lipinski definition) is 0. The van der Waals surface area contributed by atoms with E-state index < -0.39 is 12.1 Å². The Balaban J connectivity index is 3.24. The van der Waals surface area contributed by atoms with E-state index in [1.807, 2.05) is 0 Å². The van der Waals surface area contributed by atoms with E-state index in [2.05, 4.69) is 9.47 Å². The van der Waals surface area contributed by atoms with E-state index in [9.17, 15) is 14.7 Å². The van der Waals surface area contributed by atoms with Gasteiger partial charge in [0.2, 0.25) is 0 Å². The van der Waals surface area contributed by atoms with Gasteiger partial charge in [0.1, 0.15) is 6.61 Å². The van der Waals surface area contributed by atoms with Crippen molar-refractivity contribution >= 4 is 12.1 Å². The van der Waals surface area contributed by atoms with E-state index in [1.165, 1.54) is 0 Å². The van der Waals surface area contributed by atoms with Crippen LogP contribution in [0, 0.1) is 0 Å². The Kier molecular flexibility index (Phi) is 4.89. The van der Waals surface area contributed by atoms with Crippen molar-refractivity contribution in [3.05, 3.63) is 0 Å². The summed E-state index contributed by atoms with van der Waals surface area (Å²) >= 11 is 0. The molecule has 0 aromatic heterocycles. The summed E-state index contributed by atoms with van der Waals surface area (Å²) in [6, 6.07) is 0. The van der Waals surface area contributed by atoms with Gasteiger partial charge in [0, 0.05) is 0 Å². The van der Waals surface area contributed by atoms with Crippen LogP contribution in [0.4, 0.5) is 4.79 Å². The molecular weight excluding hydrogens is 152 g/mol. The Morgan fingerprint density at radius 3 is 2.36 bits per heavy atom. The molecule has 0 saturated carbocycles. The van der Waals surface area contributed by atoms with E-state index in [4.69, 9.17) is 0 Å². The molecule has 1 radical (unpaired) electrons. The summed E-state index contributed by atoms with van der Waals surface area (Å²) in [7, 11) is 0. The quantitative estimate of drug-likeness (QED) is 0.563. The van der Waals surface area contributed by atoms with Crippen molar-refractivity contribution in [1.82, 2.24) is 0 Å². The SMILES string of the molecule is CCOC(=O)CCOC([O])=O.